The number of rotatable bonds is 4. The monoisotopic (exact) mass is 670 g/mol. The van der Waals surface area contributed by atoms with Crippen LogP contribution in [0.1, 0.15) is 25.0 Å². The van der Waals surface area contributed by atoms with E-state index in [-0.39, 0.29) is 5.41 Å². The highest BCUT2D eigenvalue weighted by atomic mass is 32.2. The molecular formula is C48H34N2S. The van der Waals surface area contributed by atoms with E-state index in [1.54, 1.807) is 0 Å². The van der Waals surface area contributed by atoms with Gasteiger partial charge in [0.15, 0.2) is 0 Å². The average molecular weight is 671 g/mol. The lowest BCUT2D eigenvalue weighted by atomic mass is 9.82. The molecule has 0 bridgehead atoms. The zero-order valence-corrected chi connectivity index (χ0v) is 29.3. The van der Waals surface area contributed by atoms with Gasteiger partial charge in [-0.2, -0.15) is 0 Å². The summed E-state index contributed by atoms with van der Waals surface area (Å²) in [5, 5.41) is 2.45. The van der Waals surface area contributed by atoms with Gasteiger partial charge in [-0.15, -0.1) is 0 Å². The molecule has 2 aliphatic rings. The molecule has 0 radical (unpaired) electrons. The maximum Gasteiger partial charge on any atom is 0.0540 e. The molecule has 242 valence electrons. The number of fused-ring (bicyclic) bond motifs is 7. The van der Waals surface area contributed by atoms with Gasteiger partial charge in [0.2, 0.25) is 0 Å². The van der Waals surface area contributed by atoms with Crippen molar-refractivity contribution in [2.24, 2.45) is 0 Å². The van der Waals surface area contributed by atoms with Gasteiger partial charge in [-0.3, -0.25) is 4.98 Å². The molecule has 0 fully saturated rings. The van der Waals surface area contributed by atoms with E-state index in [9.17, 15) is 0 Å². The van der Waals surface area contributed by atoms with Crippen molar-refractivity contribution in [1.29, 1.82) is 0 Å². The highest BCUT2D eigenvalue weighted by molar-refractivity contribution is 7.99. The zero-order chi connectivity index (χ0) is 34.1. The molecule has 0 spiro atoms. The SMILES string of the molecule is CC1(C)c2ccccc2-c2ccc(N(c3ccc(-c4ccccc4)cc3)c3ccc4c5c(cccc35)-c3ccccc3Sc3ccncc3-4)cc21. The summed E-state index contributed by atoms with van der Waals surface area (Å²) < 4.78 is 0. The second-order valence-electron chi connectivity index (χ2n) is 14.0. The summed E-state index contributed by atoms with van der Waals surface area (Å²) in [5.41, 5.74) is 16.0. The first-order valence-electron chi connectivity index (χ1n) is 17.5. The van der Waals surface area contributed by atoms with Crippen LogP contribution >= 0.6 is 11.8 Å². The van der Waals surface area contributed by atoms with Crippen molar-refractivity contribution < 1.29 is 0 Å². The van der Waals surface area contributed by atoms with Crippen molar-refractivity contribution in [2.45, 2.75) is 29.1 Å². The molecule has 51 heavy (non-hydrogen) atoms. The van der Waals surface area contributed by atoms with Crippen molar-refractivity contribution in [1.82, 2.24) is 4.98 Å². The van der Waals surface area contributed by atoms with Gasteiger partial charge in [0.25, 0.3) is 0 Å². The Balaban J connectivity index is 1.24. The quantitative estimate of drug-likeness (QED) is 0.185. The minimum atomic E-state index is -0.112. The van der Waals surface area contributed by atoms with Crippen molar-refractivity contribution >= 4 is 39.6 Å². The van der Waals surface area contributed by atoms with Crippen molar-refractivity contribution in [2.75, 3.05) is 4.90 Å². The molecule has 2 nitrogen and oxygen atoms in total. The molecule has 1 aliphatic heterocycles. The third-order valence-corrected chi connectivity index (χ3v) is 11.9. The minimum absolute atomic E-state index is 0.112. The van der Waals surface area contributed by atoms with Crippen molar-refractivity contribution in [3.05, 3.63) is 181 Å². The van der Waals surface area contributed by atoms with Crippen molar-refractivity contribution in [3.63, 3.8) is 0 Å². The molecule has 1 aliphatic carbocycles. The highest BCUT2D eigenvalue weighted by Crippen LogP contribution is 2.53. The van der Waals surface area contributed by atoms with Crippen LogP contribution in [0.5, 0.6) is 0 Å². The molecule has 7 aromatic carbocycles. The number of benzene rings is 7. The Morgan fingerprint density at radius 1 is 0.490 bits per heavy atom. The molecule has 0 N–H and O–H groups in total. The number of hydrogen-bond acceptors (Lipinski definition) is 3. The molecule has 0 saturated heterocycles. The normalized spacial score (nSPS) is 13.4. The molecule has 3 heteroatoms. The van der Waals surface area contributed by atoms with Crippen LogP contribution in [0.25, 0.3) is 55.3 Å². The van der Waals surface area contributed by atoms with E-state index >= 15 is 0 Å². The predicted molar refractivity (Wildman–Crippen MR) is 214 cm³/mol. The Kier molecular flexibility index (Phi) is 6.81. The fraction of sp³-hybridized carbons (Fsp3) is 0.0625. The van der Waals surface area contributed by atoms with Crippen LogP contribution < -0.4 is 4.90 Å². The van der Waals surface area contributed by atoms with E-state index < -0.39 is 0 Å². The molecule has 1 aromatic heterocycles. The van der Waals surface area contributed by atoms with E-state index in [1.807, 2.05) is 24.2 Å². The Labute approximate surface area is 303 Å². The summed E-state index contributed by atoms with van der Waals surface area (Å²) in [6.45, 7) is 4.71. The van der Waals surface area contributed by atoms with E-state index in [0.717, 1.165) is 22.6 Å². The molecule has 10 rings (SSSR count). The summed E-state index contributed by atoms with van der Waals surface area (Å²) in [5.74, 6) is 0. The Morgan fingerprint density at radius 2 is 1.14 bits per heavy atom. The standard InChI is InChI=1S/C48H34N2S/c1-48(2)42-17-8-6-13-35(42)36-24-23-34(29-43(36)48)50(33-21-19-32(20-22-33)31-11-4-3-5-12-31)44-26-25-39-41-30-49-28-27-46(41)51-45-18-9-7-14-37(45)38-15-10-16-40(44)47(38)39/h3-30H,1-2H3. The van der Waals surface area contributed by atoms with Gasteiger partial charge in [-0.1, -0.05) is 141 Å². The number of pyridine rings is 1. The molecule has 0 amide bonds. The first-order chi connectivity index (χ1) is 25.1. The lowest BCUT2D eigenvalue weighted by Gasteiger charge is -2.30. The van der Waals surface area contributed by atoms with Gasteiger partial charge in [0.1, 0.15) is 0 Å². The van der Waals surface area contributed by atoms with Crippen LogP contribution in [0.4, 0.5) is 17.1 Å². The number of nitrogens with zero attached hydrogens (tertiary/aromatic N) is 2. The smallest absolute Gasteiger partial charge is 0.0540 e. The Morgan fingerprint density at radius 3 is 2.00 bits per heavy atom. The number of aromatic nitrogens is 1. The summed E-state index contributed by atoms with van der Waals surface area (Å²) in [4.78, 5) is 9.54. The summed E-state index contributed by atoms with van der Waals surface area (Å²) in [6, 6.07) is 58.0. The summed E-state index contributed by atoms with van der Waals surface area (Å²) >= 11 is 1.82. The first-order valence-corrected chi connectivity index (χ1v) is 18.4. The lowest BCUT2D eigenvalue weighted by molar-refractivity contribution is 0.660. The largest absolute Gasteiger partial charge is 0.310 e. The zero-order valence-electron chi connectivity index (χ0n) is 28.5. The van der Waals surface area contributed by atoms with Crippen LogP contribution in [0.15, 0.2) is 180 Å². The average Bonchev–Trinajstić information content (AvgIpc) is 3.41. The maximum absolute atomic E-state index is 4.61. The van der Waals surface area contributed by atoms with Crippen LogP contribution in [0, 0.1) is 0 Å². The van der Waals surface area contributed by atoms with E-state index in [2.05, 4.69) is 181 Å². The van der Waals surface area contributed by atoms with Gasteiger partial charge in [-0.25, -0.2) is 0 Å². The molecule has 8 aromatic rings. The van der Waals surface area contributed by atoms with Crippen LogP contribution in [0.2, 0.25) is 0 Å². The first kappa shape index (κ1) is 30.0. The van der Waals surface area contributed by atoms with E-state index in [1.165, 1.54) is 70.6 Å². The van der Waals surface area contributed by atoms with Gasteiger partial charge in [0.05, 0.1) is 5.69 Å². The van der Waals surface area contributed by atoms with Crippen LogP contribution in [-0.2, 0) is 5.41 Å². The van der Waals surface area contributed by atoms with Gasteiger partial charge >= 0.3 is 0 Å². The number of hydrogen-bond donors (Lipinski definition) is 0. The molecule has 0 saturated carbocycles. The molecule has 0 unspecified atom stereocenters. The predicted octanol–water partition coefficient (Wildman–Crippen LogP) is 13.5. The third kappa shape index (κ3) is 4.69. The van der Waals surface area contributed by atoms with Gasteiger partial charge in [0, 0.05) is 49.9 Å². The third-order valence-electron chi connectivity index (χ3n) is 10.8. The fourth-order valence-electron chi connectivity index (χ4n) is 8.30. The lowest BCUT2D eigenvalue weighted by Crippen LogP contribution is -2.16. The maximum atomic E-state index is 4.61. The van der Waals surface area contributed by atoms with Crippen LogP contribution in [0.3, 0.4) is 0 Å². The topological polar surface area (TPSA) is 16.1 Å². The Bertz CT molecular complexity index is 2590. The van der Waals surface area contributed by atoms with Crippen LogP contribution in [-0.4, -0.2) is 4.98 Å². The summed E-state index contributed by atoms with van der Waals surface area (Å²) in [6.07, 6.45) is 3.93. The molecular weight excluding hydrogens is 637 g/mol. The second kappa shape index (κ2) is 11.6. The van der Waals surface area contributed by atoms with Gasteiger partial charge in [-0.05, 0) is 97.9 Å². The minimum Gasteiger partial charge on any atom is -0.310 e. The van der Waals surface area contributed by atoms with Gasteiger partial charge < -0.3 is 4.90 Å². The van der Waals surface area contributed by atoms with E-state index in [4.69, 9.17) is 0 Å². The molecule has 2 heterocycles. The second-order valence-corrected chi connectivity index (χ2v) is 15.1. The van der Waals surface area contributed by atoms with E-state index in [0.29, 0.717) is 0 Å². The highest BCUT2D eigenvalue weighted by Gasteiger charge is 2.36. The molecule has 0 atom stereocenters. The fourth-order valence-corrected chi connectivity index (χ4v) is 9.37. The van der Waals surface area contributed by atoms with Crippen molar-refractivity contribution in [3.8, 4) is 44.5 Å². The summed E-state index contributed by atoms with van der Waals surface area (Å²) in [7, 11) is 0. The Hall–Kier alpha value is -5.90. The number of anilines is 3.